The Morgan fingerprint density at radius 1 is 1.11 bits per heavy atom. The van der Waals surface area contributed by atoms with Crippen molar-refractivity contribution in [2.45, 2.75) is 30.6 Å². The van der Waals surface area contributed by atoms with Crippen LogP contribution in [0.4, 0.5) is 0 Å². The summed E-state index contributed by atoms with van der Waals surface area (Å²) in [5, 5.41) is 6.30. The maximum absolute atomic E-state index is 12.6. The van der Waals surface area contributed by atoms with Crippen LogP contribution < -0.4 is 0 Å². The first-order valence-electron chi connectivity index (χ1n) is 8.92. The Labute approximate surface area is 158 Å². The van der Waals surface area contributed by atoms with Crippen molar-refractivity contribution >= 4 is 10.0 Å². The molecular weight excluding hydrogens is 362 g/mol. The molecule has 2 aromatic heterocycles. The summed E-state index contributed by atoms with van der Waals surface area (Å²) in [6, 6.07) is 8.11. The van der Waals surface area contributed by atoms with Gasteiger partial charge in [-0.3, -0.25) is 10.1 Å². The summed E-state index contributed by atoms with van der Waals surface area (Å²) in [5.74, 6) is 0.206. The highest BCUT2D eigenvalue weighted by Gasteiger charge is 2.31. The van der Waals surface area contributed by atoms with Gasteiger partial charge in [-0.2, -0.15) is 9.40 Å². The van der Waals surface area contributed by atoms with E-state index in [2.05, 4.69) is 28.2 Å². The molecule has 140 valence electrons. The molecule has 0 atom stereocenters. The van der Waals surface area contributed by atoms with Gasteiger partial charge in [-0.25, -0.2) is 13.4 Å². The van der Waals surface area contributed by atoms with E-state index < -0.39 is 10.0 Å². The summed E-state index contributed by atoms with van der Waals surface area (Å²) in [6.45, 7) is 2.99. The van der Waals surface area contributed by atoms with E-state index in [0.29, 0.717) is 13.1 Å². The summed E-state index contributed by atoms with van der Waals surface area (Å²) in [5.41, 5.74) is 4.02. The van der Waals surface area contributed by atoms with Gasteiger partial charge >= 0.3 is 0 Å². The van der Waals surface area contributed by atoms with E-state index in [4.69, 9.17) is 4.98 Å². The molecule has 1 aliphatic rings. The predicted octanol–water partition coefficient (Wildman–Crippen LogP) is 2.74. The third-order valence-electron chi connectivity index (χ3n) is 5.06. The molecule has 0 bridgehead atoms. The van der Waals surface area contributed by atoms with E-state index >= 15 is 0 Å². The molecule has 0 amide bonds. The molecule has 1 saturated heterocycles. The molecule has 0 radical (unpaired) electrons. The maximum Gasteiger partial charge on any atom is 0.246 e. The Kier molecular flexibility index (Phi) is 4.75. The van der Waals surface area contributed by atoms with E-state index in [0.717, 1.165) is 35.4 Å². The molecule has 7 nitrogen and oxygen atoms in total. The topological polar surface area (TPSA) is 91.8 Å². The number of hydrogen-bond acceptors (Lipinski definition) is 5. The highest BCUT2D eigenvalue weighted by molar-refractivity contribution is 7.89. The van der Waals surface area contributed by atoms with E-state index in [1.807, 2.05) is 18.2 Å². The minimum atomic E-state index is -3.48. The molecule has 1 fully saturated rings. The lowest BCUT2D eigenvalue weighted by atomic mass is 9.94. The van der Waals surface area contributed by atoms with Crippen LogP contribution >= 0.6 is 0 Å². The second-order valence-corrected chi connectivity index (χ2v) is 8.69. The van der Waals surface area contributed by atoms with Gasteiger partial charge in [-0.1, -0.05) is 24.3 Å². The molecule has 3 aromatic rings. The van der Waals surface area contributed by atoms with E-state index in [1.54, 1.807) is 12.4 Å². The lowest BCUT2D eigenvalue weighted by molar-refractivity contribution is 0.316. The Bertz CT molecular complexity index is 1030. The Balaban J connectivity index is 1.51. The molecule has 8 heteroatoms. The zero-order chi connectivity index (χ0) is 18.9. The summed E-state index contributed by atoms with van der Waals surface area (Å²) < 4.78 is 26.7. The van der Waals surface area contributed by atoms with Gasteiger partial charge in [0, 0.05) is 37.0 Å². The van der Waals surface area contributed by atoms with Gasteiger partial charge in [-0.05, 0) is 25.3 Å². The minimum absolute atomic E-state index is 0.206. The molecule has 27 heavy (non-hydrogen) atoms. The van der Waals surface area contributed by atoms with Gasteiger partial charge in [-0.15, -0.1) is 0 Å². The number of aryl methyl sites for hydroxylation is 1. The summed E-state index contributed by atoms with van der Waals surface area (Å²) in [6.07, 6.45) is 7.79. The smallest absolute Gasteiger partial charge is 0.246 e. The summed E-state index contributed by atoms with van der Waals surface area (Å²) in [4.78, 5) is 9.41. The van der Waals surface area contributed by atoms with Crippen molar-refractivity contribution in [3.63, 3.8) is 0 Å². The zero-order valence-electron chi connectivity index (χ0n) is 15.0. The van der Waals surface area contributed by atoms with E-state index in [1.165, 1.54) is 16.7 Å². The van der Waals surface area contributed by atoms with Gasteiger partial charge in [0.25, 0.3) is 0 Å². The van der Waals surface area contributed by atoms with Crippen LogP contribution in [0, 0.1) is 6.92 Å². The molecular formula is C19H21N5O2S. The number of rotatable bonds is 4. The Morgan fingerprint density at radius 3 is 2.59 bits per heavy atom. The molecule has 0 unspecified atom stereocenters. The highest BCUT2D eigenvalue weighted by atomic mass is 32.2. The number of aromatic amines is 1. The van der Waals surface area contributed by atoms with E-state index in [-0.39, 0.29) is 10.8 Å². The van der Waals surface area contributed by atoms with Crippen LogP contribution in [0.2, 0.25) is 0 Å². The first-order chi connectivity index (χ1) is 13.1. The van der Waals surface area contributed by atoms with Gasteiger partial charge < -0.3 is 0 Å². The SMILES string of the molecule is Cc1ccccc1-c1cncc(C2CCN(S(=O)(=O)c3cn[nH]c3)CC2)n1. The number of sulfonamides is 1. The van der Waals surface area contributed by atoms with Crippen LogP contribution in [0.3, 0.4) is 0 Å². The largest absolute Gasteiger partial charge is 0.284 e. The second-order valence-electron chi connectivity index (χ2n) is 6.76. The third kappa shape index (κ3) is 3.50. The summed E-state index contributed by atoms with van der Waals surface area (Å²) >= 11 is 0. The van der Waals surface area contributed by atoms with Crippen LogP contribution in [0.15, 0.2) is 53.9 Å². The fourth-order valence-corrected chi connectivity index (χ4v) is 4.87. The Hall–Kier alpha value is -2.58. The van der Waals surface area contributed by atoms with Crippen molar-refractivity contribution in [3.05, 3.63) is 60.3 Å². The zero-order valence-corrected chi connectivity index (χ0v) is 15.9. The molecule has 3 heterocycles. The first-order valence-corrected chi connectivity index (χ1v) is 10.4. The van der Waals surface area contributed by atoms with Gasteiger partial charge in [0.2, 0.25) is 10.0 Å². The van der Waals surface area contributed by atoms with Crippen LogP contribution in [0.1, 0.15) is 30.0 Å². The molecule has 1 aliphatic heterocycles. The fraction of sp³-hybridized carbons (Fsp3) is 0.316. The van der Waals surface area contributed by atoms with Crippen molar-refractivity contribution in [1.29, 1.82) is 0 Å². The number of benzene rings is 1. The third-order valence-corrected chi connectivity index (χ3v) is 6.92. The van der Waals surface area contributed by atoms with Crippen LogP contribution in [-0.4, -0.2) is 46.0 Å². The van der Waals surface area contributed by atoms with E-state index in [9.17, 15) is 8.42 Å². The van der Waals surface area contributed by atoms with Crippen molar-refractivity contribution in [1.82, 2.24) is 24.5 Å². The average Bonchev–Trinajstić information content (AvgIpc) is 3.24. The number of H-pyrrole nitrogens is 1. The summed E-state index contributed by atoms with van der Waals surface area (Å²) in [7, 11) is -3.48. The van der Waals surface area contributed by atoms with Crippen molar-refractivity contribution in [2.75, 3.05) is 13.1 Å². The molecule has 1 aromatic carbocycles. The highest BCUT2D eigenvalue weighted by Crippen LogP contribution is 2.30. The molecule has 0 saturated carbocycles. The number of piperidine rings is 1. The maximum atomic E-state index is 12.6. The second kappa shape index (κ2) is 7.21. The molecule has 0 aliphatic carbocycles. The number of aromatic nitrogens is 4. The fourth-order valence-electron chi connectivity index (χ4n) is 3.49. The quantitative estimate of drug-likeness (QED) is 0.748. The monoisotopic (exact) mass is 383 g/mol. The van der Waals surface area contributed by atoms with Crippen molar-refractivity contribution in [3.8, 4) is 11.3 Å². The Morgan fingerprint density at radius 2 is 1.89 bits per heavy atom. The van der Waals surface area contributed by atoms with Crippen LogP contribution in [0.25, 0.3) is 11.3 Å². The number of nitrogens with zero attached hydrogens (tertiary/aromatic N) is 4. The molecule has 1 N–H and O–H groups in total. The van der Waals surface area contributed by atoms with Crippen molar-refractivity contribution < 1.29 is 8.42 Å². The van der Waals surface area contributed by atoms with Gasteiger partial charge in [0.05, 0.1) is 23.8 Å². The van der Waals surface area contributed by atoms with Gasteiger partial charge in [0.1, 0.15) is 4.90 Å². The number of nitrogens with one attached hydrogen (secondary N) is 1. The number of hydrogen-bond donors (Lipinski definition) is 1. The van der Waals surface area contributed by atoms with Gasteiger partial charge in [0.15, 0.2) is 0 Å². The normalized spacial score (nSPS) is 16.5. The van der Waals surface area contributed by atoms with Crippen LogP contribution in [-0.2, 0) is 10.0 Å². The predicted molar refractivity (Wildman–Crippen MR) is 102 cm³/mol. The standard InChI is InChI=1S/C19H21N5O2S/c1-14-4-2-3-5-17(14)19-13-20-12-18(23-19)15-6-8-24(9-7-15)27(25,26)16-10-21-22-11-16/h2-5,10-13,15H,6-9H2,1H3,(H,21,22). The first kappa shape index (κ1) is 17.8. The lowest BCUT2D eigenvalue weighted by Gasteiger charge is -2.30. The van der Waals surface area contributed by atoms with Crippen LogP contribution in [0.5, 0.6) is 0 Å². The lowest BCUT2D eigenvalue weighted by Crippen LogP contribution is -2.37. The molecule has 0 spiro atoms. The van der Waals surface area contributed by atoms with Crippen molar-refractivity contribution in [2.24, 2.45) is 0 Å². The molecule has 4 rings (SSSR count). The average molecular weight is 383 g/mol. The minimum Gasteiger partial charge on any atom is -0.284 e.